The highest BCUT2D eigenvalue weighted by molar-refractivity contribution is 6.84. The van der Waals surface area contributed by atoms with Crippen LogP contribution in [0.2, 0.25) is 38.3 Å². The largest absolute Gasteiger partial charge is 0.508 e. The van der Waals surface area contributed by atoms with Crippen molar-refractivity contribution in [3.63, 3.8) is 0 Å². The van der Waals surface area contributed by atoms with Crippen molar-refractivity contribution in [2.24, 2.45) is 11.8 Å². The first-order valence-electron chi connectivity index (χ1n) is 11.9. The Hall–Kier alpha value is -2.63. The zero-order valence-electron chi connectivity index (χ0n) is 21.5. The van der Waals surface area contributed by atoms with Crippen molar-refractivity contribution >= 4 is 28.6 Å². The van der Waals surface area contributed by atoms with E-state index in [9.17, 15) is 19.8 Å². The van der Waals surface area contributed by atoms with Crippen LogP contribution in [0.15, 0.2) is 48.5 Å². The summed E-state index contributed by atoms with van der Waals surface area (Å²) in [4.78, 5) is 24.5. The molecule has 0 radical (unpaired) electrons. The number of rotatable bonds is 12. The molecule has 2 atom stereocenters. The lowest BCUT2D eigenvalue weighted by molar-refractivity contribution is 0.0450. The molecule has 2 aromatic carbocycles. The Kier molecular flexibility index (Phi) is 13.9. The van der Waals surface area contributed by atoms with E-state index >= 15 is 0 Å². The number of carbonyl (C=O) groups excluding carboxylic acids is 2. The number of aromatic hydroxyl groups is 2. The van der Waals surface area contributed by atoms with Gasteiger partial charge in [-0.3, -0.25) is 0 Å². The Balaban J connectivity index is 0.00000648. The summed E-state index contributed by atoms with van der Waals surface area (Å²) < 4.78 is 17.6. The summed E-state index contributed by atoms with van der Waals surface area (Å²) in [6.07, 6.45) is 0. The predicted molar refractivity (Wildman–Crippen MR) is 154 cm³/mol. The molecule has 0 heterocycles. The fourth-order valence-corrected chi connectivity index (χ4v) is 14.7. The van der Waals surface area contributed by atoms with Gasteiger partial charge in [0, 0.05) is 0 Å². The van der Waals surface area contributed by atoms with Gasteiger partial charge in [0.1, 0.15) is 11.5 Å². The number of esters is 2. The number of phenolic OH excluding ortho intramolecular Hbond substituents is 2. The zero-order chi connectivity index (χ0) is 26.2. The molecular formula is C28H46O7Si2. The van der Waals surface area contributed by atoms with Crippen LogP contribution in [-0.4, -0.2) is 52.0 Å². The van der Waals surface area contributed by atoms with E-state index in [1.807, 2.05) is 0 Å². The van der Waals surface area contributed by atoms with Crippen LogP contribution in [0.1, 0.15) is 49.4 Å². The molecule has 2 N–H and O–H groups in total. The Morgan fingerprint density at radius 3 is 1.27 bits per heavy atom. The van der Waals surface area contributed by atoms with Gasteiger partial charge in [-0.1, -0.05) is 28.7 Å². The van der Waals surface area contributed by atoms with Gasteiger partial charge in [0.25, 0.3) is 0 Å². The molecule has 0 aliphatic rings. The molecule has 0 amide bonds. The predicted octanol–water partition coefficient (Wildman–Crippen LogP) is 7.08. The molecule has 2 aromatic rings. The molecule has 0 aliphatic heterocycles. The fraction of sp³-hybridized carbons (Fsp3) is 0.500. The van der Waals surface area contributed by atoms with Gasteiger partial charge in [0.15, 0.2) is 16.6 Å². The van der Waals surface area contributed by atoms with E-state index in [4.69, 9.17) is 13.6 Å². The molecule has 0 bridgehead atoms. The maximum atomic E-state index is 12.2. The SMILES string of the molecule is C.C.CC(COC(=O)c1ccc(O)cc1)C[Si](C)(C)O[Si](C)(C)CC(C)COC(=O)c1ccc(O)cc1. The van der Waals surface area contributed by atoms with Crippen LogP contribution in [0, 0.1) is 11.8 Å². The highest BCUT2D eigenvalue weighted by atomic mass is 28.4. The van der Waals surface area contributed by atoms with Crippen LogP contribution >= 0.6 is 0 Å². The third kappa shape index (κ3) is 12.4. The minimum absolute atomic E-state index is 0. The van der Waals surface area contributed by atoms with Crippen LogP contribution in [0.5, 0.6) is 11.5 Å². The quantitative estimate of drug-likeness (QED) is 0.215. The van der Waals surface area contributed by atoms with Crippen molar-refractivity contribution in [1.29, 1.82) is 0 Å². The number of ether oxygens (including phenoxy) is 2. The van der Waals surface area contributed by atoms with E-state index in [0.29, 0.717) is 24.3 Å². The first-order chi connectivity index (χ1) is 16.3. The number of benzene rings is 2. The second-order valence-corrected chi connectivity index (χ2v) is 19.2. The van der Waals surface area contributed by atoms with Crippen LogP contribution < -0.4 is 0 Å². The molecule has 9 heteroatoms. The Bertz CT molecular complexity index is 894. The Labute approximate surface area is 225 Å². The molecule has 208 valence electrons. The topological polar surface area (TPSA) is 102 Å². The third-order valence-electron chi connectivity index (χ3n) is 5.44. The third-order valence-corrected chi connectivity index (χ3v) is 13.2. The molecule has 7 nitrogen and oxygen atoms in total. The maximum absolute atomic E-state index is 12.2. The molecule has 0 spiro atoms. The van der Waals surface area contributed by atoms with Crippen LogP contribution in [0.25, 0.3) is 0 Å². The van der Waals surface area contributed by atoms with Gasteiger partial charge in [-0.05, 0) is 98.6 Å². The van der Waals surface area contributed by atoms with Crippen molar-refractivity contribution < 1.29 is 33.4 Å². The summed E-state index contributed by atoms with van der Waals surface area (Å²) in [7, 11) is -4.05. The van der Waals surface area contributed by atoms with E-state index in [1.54, 1.807) is 24.3 Å². The van der Waals surface area contributed by atoms with E-state index in [2.05, 4.69) is 40.0 Å². The van der Waals surface area contributed by atoms with Gasteiger partial charge in [-0.15, -0.1) is 0 Å². The van der Waals surface area contributed by atoms with Gasteiger partial charge in [-0.25, -0.2) is 9.59 Å². The summed E-state index contributed by atoms with van der Waals surface area (Å²) in [5.74, 6) is -0.268. The highest BCUT2D eigenvalue weighted by Crippen LogP contribution is 2.28. The van der Waals surface area contributed by atoms with E-state index in [-0.39, 0.29) is 38.2 Å². The summed E-state index contributed by atoms with van der Waals surface area (Å²) >= 11 is 0. The van der Waals surface area contributed by atoms with Crippen molar-refractivity contribution in [3.05, 3.63) is 59.7 Å². The van der Waals surface area contributed by atoms with Crippen molar-refractivity contribution in [2.75, 3.05) is 13.2 Å². The lowest BCUT2D eigenvalue weighted by Gasteiger charge is -2.36. The fourth-order valence-electron chi connectivity index (χ4n) is 4.43. The molecule has 2 unspecified atom stereocenters. The molecule has 0 aromatic heterocycles. The number of carbonyl (C=O) groups is 2. The summed E-state index contributed by atoms with van der Waals surface area (Å²) in [5.41, 5.74) is 0.827. The summed E-state index contributed by atoms with van der Waals surface area (Å²) in [5, 5.41) is 18.7. The number of phenols is 2. The van der Waals surface area contributed by atoms with Crippen molar-refractivity contribution in [1.82, 2.24) is 0 Å². The molecule has 0 saturated carbocycles. The van der Waals surface area contributed by atoms with Gasteiger partial charge in [-0.2, -0.15) is 0 Å². The smallest absolute Gasteiger partial charge is 0.338 e. The first kappa shape index (κ1) is 34.4. The lowest BCUT2D eigenvalue weighted by Crippen LogP contribution is -2.46. The van der Waals surface area contributed by atoms with Gasteiger partial charge < -0.3 is 23.8 Å². The number of hydrogen-bond acceptors (Lipinski definition) is 7. The average molecular weight is 551 g/mol. The van der Waals surface area contributed by atoms with E-state index in [1.165, 1.54) is 24.3 Å². The molecule has 37 heavy (non-hydrogen) atoms. The molecule has 0 saturated heterocycles. The maximum Gasteiger partial charge on any atom is 0.338 e. The van der Waals surface area contributed by atoms with Crippen molar-refractivity contribution in [3.8, 4) is 11.5 Å². The molecular weight excluding hydrogens is 504 g/mol. The minimum Gasteiger partial charge on any atom is -0.508 e. The van der Waals surface area contributed by atoms with Gasteiger partial charge in [0.05, 0.1) is 24.3 Å². The van der Waals surface area contributed by atoms with Crippen LogP contribution in [0.3, 0.4) is 0 Å². The Morgan fingerprint density at radius 2 is 0.973 bits per heavy atom. The van der Waals surface area contributed by atoms with Crippen molar-refractivity contribution in [2.45, 2.75) is 67.0 Å². The van der Waals surface area contributed by atoms with E-state index < -0.39 is 28.6 Å². The highest BCUT2D eigenvalue weighted by Gasteiger charge is 2.35. The normalized spacial score (nSPS) is 12.9. The first-order valence-corrected chi connectivity index (χ1v) is 18.1. The average Bonchev–Trinajstić information content (AvgIpc) is 2.75. The molecule has 2 rings (SSSR count). The molecule has 0 aliphatic carbocycles. The monoisotopic (exact) mass is 550 g/mol. The lowest BCUT2D eigenvalue weighted by atomic mass is 10.2. The summed E-state index contributed by atoms with van der Waals surface area (Å²) in [6.45, 7) is 13.5. The Morgan fingerprint density at radius 1 is 0.676 bits per heavy atom. The van der Waals surface area contributed by atoms with E-state index in [0.717, 1.165) is 12.1 Å². The van der Waals surface area contributed by atoms with Gasteiger partial charge >= 0.3 is 11.9 Å². The standard InChI is InChI=1S/C26H38O7Si2.2CH4/c1-19(15-31-25(29)21-7-11-23(27)12-8-21)17-34(3,4)33-35(5,6)18-20(2)16-32-26(30)22-9-13-24(28)14-10-22;;/h7-14,19-20,27-28H,15-18H2,1-6H3;2*1H4. The number of hydrogen-bond donors (Lipinski definition) is 2. The minimum atomic E-state index is -2.02. The van der Waals surface area contributed by atoms with Crippen LogP contribution in [-0.2, 0) is 13.6 Å². The zero-order valence-corrected chi connectivity index (χ0v) is 23.5. The second-order valence-electron chi connectivity index (χ2n) is 10.5. The second kappa shape index (κ2) is 14.9. The molecule has 0 fully saturated rings. The van der Waals surface area contributed by atoms with Gasteiger partial charge in [0.2, 0.25) is 0 Å². The summed E-state index contributed by atoms with van der Waals surface area (Å²) in [6, 6.07) is 13.7. The van der Waals surface area contributed by atoms with Crippen LogP contribution in [0.4, 0.5) is 0 Å².